The largest absolute Gasteiger partial charge is 0.423 e. The molecular formula is C25H22N4O6. The third-order valence-corrected chi connectivity index (χ3v) is 4.98. The van der Waals surface area contributed by atoms with Crippen molar-refractivity contribution >= 4 is 34.9 Å². The molecule has 0 unspecified atom stereocenters. The van der Waals surface area contributed by atoms with E-state index >= 15 is 0 Å². The molecule has 3 aromatic carbocycles. The summed E-state index contributed by atoms with van der Waals surface area (Å²) in [5.41, 5.74) is 4.97. The number of hydrogen-bond donors (Lipinski definition) is 2. The minimum Gasteiger partial charge on any atom is -0.423 e. The second kappa shape index (κ2) is 10.8. The van der Waals surface area contributed by atoms with Gasteiger partial charge >= 0.3 is 17.8 Å². The molecule has 35 heavy (non-hydrogen) atoms. The van der Waals surface area contributed by atoms with Gasteiger partial charge in [-0.05, 0) is 73.9 Å². The number of esters is 1. The van der Waals surface area contributed by atoms with Crippen LogP contribution in [0.4, 0.5) is 11.4 Å². The first-order valence-corrected chi connectivity index (χ1v) is 10.4. The summed E-state index contributed by atoms with van der Waals surface area (Å²) in [5, 5.41) is 17.6. The Hall–Kier alpha value is -4.86. The van der Waals surface area contributed by atoms with Crippen molar-refractivity contribution in [1.29, 1.82) is 0 Å². The van der Waals surface area contributed by atoms with Crippen LogP contribution in [0.25, 0.3) is 0 Å². The maximum absolute atomic E-state index is 12.3. The summed E-state index contributed by atoms with van der Waals surface area (Å²) in [6, 6.07) is 17.1. The molecule has 0 aliphatic rings. The van der Waals surface area contributed by atoms with Crippen LogP contribution in [0.1, 0.15) is 34.0 Å². The van der Waals surface area contributed by atoms with E-state index in [4.69, 9.17) is 4.74 Å². The van der Waals surface area contributed by atoms with Gasteiger partial charge in [0.2, 0.25) is 0 Å². The van der Waals surface area contributed by atoms with E-state index in [0.29, 0.717) is 17.0 Å². The summed E-state index contributed by atoms with van der Waals surface area (Å²) in [7, 11) is 0. The van der Waals surface area contributed by atoms with E-state index in [2.05, 4.69) is 15.8 Å². The highest BCUT2D eigenvalue weighted by Crippen LogP contribution is 2.21. The van der Waals surface area contributed by atoms with E-state index in [-0.39, 0.29) is 17.0 Å². The van der Waals surface area contributed by atoms with Crippen LogP contribution in [0.3, 0.4) is 0 Å². The Balaban J connectivity index is 1.61. The number of hydrazone groups is 1. The highest BCUT2D eigenvalue weighted by Gasteiger charge is 2.21. The maximum atomic E-state index is 12.3. The van der Waals surface area contributed by atoms with Crippen molar-refractivity contribution in [2.45, 2.75) is 20.8 Å². The van der Waals surface area contributed by atoms with Gasteiger partial charge in [0.15, 0.2) is 0 Å². The second-order valence-electron chi connectivity index (χ2n) is 7.60. The number of nitrogens with zero attached hydrogens (tertiary/aromatic N) is 2. The van der Waals surface area contributed by atoms with Gasteiger partial charge in [-0.25, -0.2) is 10.2 Å². The van der Waals surface area contributed by atoms with Crippen molar-refractivity contribution in [3.8, 4) is 5.75 Å². The number of nitro benzene ring substituents is 1. The molecule has 0 aliphatic carbocycles. The fraction of sp³-hybridized carbons (Fsp3) is 0.120. The lowest BCUT2D eigenvalue weighted by molar-refractivity contribution is -0.385. The number of aryl methyl sites for hydroxylation is 2. The van der Waals surface area contributed by atoms with Crippen LogP contribution in [0.2, 0.25) is 0 Å². The Kier molecular flexibility index (Phi) is 7.67. The molecule has 0 saturated heterocycles. The number of amides is 2. The van der Waals surface area contributed by atoms with Crippen LogP contribution in [-0.2, 0) is 9.59 Å². The molecule has 10 heteroatoms. The summed E-state index contributed by atoms with van der Waals surface area (Å²) >= 11 is 0. The molecule has 0 fully saturated rings. The zero-order valence-corrected chi connectivity index (χ0v) is 19.2. The number of carbonyl (C=O) groups excluding carboxylic acids is 3. The number of hydrogen-bond acceptors (Lipinski definition) is 7. The number of anilines is 1. The van der Waals surface area contributed by atoms with E-state index < -0.39 is 22.7 Å². The molecule has 0 aliphatic heterocycles. The van der Waals surface area contributed by atoms with Gasteiger partial charge in [-0.15, -0.1) is 0 Å². The van der Waals surface area contributed by atoms with Gasteiger partial charge in [0.05, 0.1) is 10.6 Å². The van der Waals surface area contributed by atoms with Crippen molar-refractivity contribution in [1.82, 2.24) is 5.43 Å². The highest BCUT2D eigenvalue weighted by atomic mass is 16.6. The molecule has 0 spiro atoms. The minimum absolute atomic E-state index is 0.166. The number of nitrogens with one attached hydrogen (secondary N) is 2. The van der Waals surface area contributed by atoms with Gasteiger partial charge in [0.1, 0.15) is 11.3 Å². The standard InChI is InChI=1S/C25H22N4O6/c1-15-8-9-16(2)21(14-15)26-23(30)24(31)28-27-17(3)18-10-12-19(13-11-18)35-25(32)20-6-4-5-7-22(20)29(33)34/h4-14H,1-3H3,(H,26,30)(H,28,31)/b27-17+. The molecule has 0 saturated carbocycles. The van der Waals surface area contributed by atoms with Gasteiger partial charge in [-0.2, -0.15) is 5.10 Å². The number of para-hydroxylation sites is 1. The van der Waals surface area contributed by atoms with Crippen molar-refractivity contribution in [3.63, 3.8) is 0 Å². The zero-order valence-electron chi connectivity index (χ0n) is 19.2. The summed E-state index contributed by atoms with van der Waals surface area (Å²) in [6.07, 6.45) is 0. The lowest BCUT2D eigenvalue weighted by Gasteiger charge is -2.09. The van der Waals surface area contributed by atoms with Crippen molar-refractivity contribution in [2.24, 2.45) is 5.10 Å². The lowest BCUT2D eigenvalue weighted by Crippen LogP contribution is -2.33. The summed E-state index contributed by atoms with van der Waals surface area (Å²) < 4.78 is 5.22. The molecule has 178 valence electrons. The molecule has 3 rings (SSSR count). The Bertz CT molecular complexity index is 1330. The number of benzene rings is 3. The smallest absolute Gasteiger partial charge is 0.350 e. The Labute approximate surface area is 200 Å². The topological polar surface area (TPSA) is 140 Å². The fourth-order valence-corrected chi connectivity index (χ4v) is 3.03. The third kappa shape index (κ3) is 6.35. The van der Waals surface area contributed by atoms with E-state index in [0.717, 1.165) is 11.1 Å². The second-order valence-corrected chi connectivity index (χ2v) is 7.60. The Morgan fingerprint density at radius 3 is 2.31 bits per heavy atom. The molecule has 2 N–H and O–H groups in total. The van der Waals surface area contributed by atoms with Gasteiger partial charge < -0.3 is 10.1 Å². The van der Waals surface area contributed by atoms with Gasteiger partial charge in [-0.3, -0.25) is 19.7 Å². The molecule has 3 aromatic rings. The van der Waals surface area contributed by atoms with E-state index in [9.17, 15) is 24.5 Å². The van der Waals surface area contributed by atoms with Crippen LogP contribution < -0.4 is 15.5 Å². The molecule has 0 bridgehead atoms. The van der Waals surface area contributed by atoms with Gasteiger partial charge in [-0.1, -0.05) is 24.3 Å². The van der Waals surface area contributed by atoms with Gasteiger partial charge in [0.25, 0.3) is 5.69 Å². The predicted octanol–water partition coefficient (Wildman–Crippen LogP) is 3.91. The summed E-state index contributed by atoms with van der Waals surface area (Å²) in [5.74, 6) is -2.48. The number of ether oxygens (including phenoxy) is 1. The number of nitro groups is 1. The minimum atomic E-state index is -0.930. The average molecular weight is 474 g/mol. The van der Waals surface area contributed by atoms with Crippen LogP contribution in [0.15, 0.2) is 71.8 Å². The zero-order chi connectivity index (χ0) is 25.5. The number of carbonyl (C=O) groups is 3. The normalized spacial score (nSPS) is 10.9. The molecule has 0 heterocycles. The van der Waals surface area contributed by atoms with E-state index in [1.807, 2.05) is 26.0 Å². The SMILES string of the molecule is C/C(=N\NC(=O)C(=O)Nc1cc(C)ccc1C)c1ccc(OC(=O)c2ccccc2[N+](=O)[O-])cc1. The Morgan fingerprint density at radius 1 is 0.943 bits per heavy atom. The van der Waals surface area contributed by atoms with Crippen LogP contribution in [0, 0.1) is 24.0 Å². The van der Waals surface area contributed by atoms with Crippen molar-refractivity contribution < 1.29 is 24.0 Å². The maximum Gasteiger partial charge on any atom is 0.350 e. The molecule has 0 radical (unpaired) electrons. The van der Waals surface area contributed by atoms with Crippen LogP contribution in [-0.4, -0.2) is 28.4 Å². The predicted molar refractivity (Wildman–Crippen MR) is 129 cm³/mol. The lowest BCUT2D eigenvalue weighted by atomic mass is 10.1. The monoisotopic (exact) mass is 474 g/mol. The first-order chi connectivity index (χ1) is 16.7. The molecular weight excluding hydrogens is 452 g/mol. The first kappa shape index (κ1) is 24.8. The molecule has 0 aromatic heterocycles. The number of rotatable bonds is 6. The van der Waals surface area contributed by atoms with Crippen molar-refractivity contribution in [3.05, 3.63) is 99.1 Å². The van der Waals surface area contributed by atoms with Crippen LogP contribution in [0.5, 0.6) is 5.75 Å². The first-order valence-electron chi connectivity index (χ1n) is 10.4. The highest BCUT2D eigenvalue weighted by molar-refractivity contribution is 6.39. The van der Waals surface area contributed by atoms with Gasteiger partial charge in [0, 0.05) is 11.8 Å². The van der Waals surface area contributed by atoms with Crippen LogP contribution >= 0.6 is 0 Å². The third-order valence-electron chi connectivity index (χ3n) is 4.98. The summed E-state index contributed by atoms with van der Waals surface area (Å²) in [6.45, 7) is 5.31. The van der Waals surface area contributed by atoms with E-state index in [1.165, 1.54) is 36.4 Å². The molecule has 2 amide bonds. The quantitative estimate of drug-likeness (QED) is 0.139. The molecule has 0 atom stereocenters. The molecule has 10 nitrogen and oxygen atoms in total. The average Bonchev–Trinajstić information content (AvgIpc) is 2.84. The fourth-order valence-electron chi connectivity index (χ4n) is 3.03. The van der Waals surface area contributed by atoms with Crippen molar-refractivity contribution in [2.75, 3.05) is 5.32 Å². The Morgan fingerprint density at radius 2 is 1.63 bits per heavy atom. The van der Waals surface area contributed by atoms with E-state index in [1.54, 1.807) is 25.1 Å². The summed E-state index contributed by atoms with van der Waals surface area (Å²) in [4.78, 5) is 47.1.